The molecule has 0 aromatic carbocycles. The lowest BCUT2D eigenvalue weighted by Crippen LogP contribution is -2.20. The number of nitrogens with zero attached hydrogens (tertiary/aromatic N) is 3. The van der Waals surface area contributed by atoms with Crippen molar-refractivity contribution in [3.05, 3.63) is 11.6 Å². The van der Waals surface area contributed by atoms with Crippen LogP contribution in [0.5, 0.6) is 0 Å². The molecule has 0 radical (unpaired) electrons. The minimum atomic E-state index is -0.161. The largest absolute Gasteiger partial charge is 0.466 e. The van der Waals surface area contributed by atoms with Crippen LogP contribution < -0.4 is 5.73 Å². The van der Waals surface area contributed by atoms with Gasteiger partial charge in [-0.05, 0) is 6.92 Å². The predicted molar refractivity (Wildman–Crippen MR) is 51.7 cm³/mol. The van der Waals surface area contributed by atoms with E-state index >= 15 is 0 Å². The molecule has 2 heterocycles. The van der Waals surface area contributed by atoms with Crippen molar-refractivity contribution in [2.24, 2.45) is 11.7 Å². The van der Waals surface area contributed by atoms with Crippen LogP contribution >= 0.6 is 0 Å². The van der Waals surface area contributed by atoms with Gasteiger partial charge in [0.15, 0.2) is 0 Å². The molecule has 0 aliphatic carbocycles. The van der Waals surface area contributed by atoms with Gasteiger partial charge in [0, 0.05) is 13.0 Å². The summed E-state index contributed by atoms with van der Waals surface area (Å²) in [5.74, 6) is 1.28. The number of nitrogens with two attached hydrogens (primary N) is 1. The van der Waals surface area contributed by atoms with Crippen molar-refractivity contribution in [3.63, 3.8) is 0 Å². The fourth-order valence-corrected chi connectivity index (χ4v) is 1.81. The summed E-state index contributed by atoms with van der Waals surface area (Å²) in [7, 11) is 0. The number of aromatic nitrogens is 3. The summed E-state index contributed by atoms with van der Waals surface area (Å²) in [5.41, 5.74) is 5.51. The molecule has 0 amide bonds. The van der Waals surface area contributed by atoms with E-state index in [2.05, 4.69) is 10.2 Å². The Kier molecular flexibility index (Phi) is 2.68. The standard InChI is InChI=1S/C9H14N4O2/c1-2-15-9(14)6-3-7-11-12-8(4-10)13(7)5-6/h6H,2-5,10H2,1H3. The van der Waals surface area contributed by atoms with Gasteiger partial charge in [-0.3, -0.25) is 4.79 Å². The Morgan fingerprint density at radius 2 is 2.47 bits per heavy atom. The number of hydrogen-bond acceptors (Lipinski definition) is 5. The van der Waals surface area contributed by atoms with E-state index in [0.29, 0.717) is 26.1 Å². The van der Waals surface area contributed by atoms with Gasteiger partial charge in [0.1, 0.15) is 11.6 Å². The first kappa shape index (κ1) is 10.1. The number of ether oxygens (including phenoxy) is 1. The fraction of sp³-hybridized carbons (Fsp3) is 0.667. The van der Waals surface area contributed by atoms with E-state index in [4.69, 9.17) is 10.5 Å². The highest BCUT2D eigenvalue weighted by Gasteiger charge is 2.31. The quantitative estimate of drug-likeness (QED) is 0.678. The van der Waals surface area contributed by atoms with Gasteiger partial charge in [-0.1, -0.05) is 0 Å². The first-order chi connectivity index (χ1) is 7.26. The number of carbonyl (C=O) groups excluding carboxylic acids is 1. The molecule has 0 saturated heterocycles. The molecule has 1 unspecified atom stereocenters. The molecule has 0 bridgehead atoms. The maximum absolute atomic E-state index is 11.5. The van der Waals surface area contributed by atoms with E-state index in [1.54, 1.807) is 6.92 Å². The second kappa shape index (κ2) is 3.98. The predicted octanol–water partition coefficient (Wildman–Crippen LogP) is -0.528. The van der Waals surface area contributed by atoms with Crippen molar-refractivity contribution < 1.29 is 9.53 Å². The summed E-state index contributed by atoms with van der Waals surface area (Å²) in [5, 5.41) is 7.92. The molecule has 2 rings (SSSR count). The highest BCUT2D eigenvalue weighted by Crippen LogP contribution is 2.21. The molecule has 2 N–H and O–H groups in total. The summed E-state index contributed by atoms with van der Waals surface area (Å²) in [4.78, 5) is 11.5. The van der Waals surface area contributed by atoms with E-state index in [1.165, 1.54) is 0 Å². The van der Waals surface area contributed by atoms with Crippen LogP contribution in [-0.4, -0.2) is 27.3 Å². The third-order valence-corrected chi connectivity index (χ3v) is 2.54. The van der Waals surface area contributed by atoms with Gasteiger partial charge in [-0.25, -0.2) is 0 Å². The van der Waals surface area contributed by atoms with Crippen LogP contribution in [0.1, 0.15) is 18.6 Å². The van der Waals surface area contributed by atoms with E-state index in [-0.39, 0.29) is 11.9 Å². The maximum atomic E-state index is 11.5. The second-order valence-corrected chi connectivity index (χ2v) is 3.50. The van der Waals surface area contributed by atoms with Crippen molar-refractivity contribution in [1.82, 2.24) is 14.8 Å². The Morgan fingerprint density at radius 3 is 3.13 bits per heavy atom. The highest BCUT2D eigenvalue weighted by atomic mass is 16.5. The summed E-state index contributed by atoms with van der Waals surface area (Å²) in [6.07, 6.45) is 0.603. The summed E-state index contributed by atoms with van der Waals surface area (Å²) < 4.78 is 6.87. The molecule has 1 atom stereocenters. The summed E-state index contributed by atoms with van der Waals surface area (Å²) in [6.45, 7) is 3.16. The second-order valence-electron chi connectivity index (χ2n) is 3.50. The molecular formula is C9H14N4O2. The van der Waals surface area contributed by atoms with Crippen molar-refractivity contribution in [1.29, 1.82) is 0 Å². The van der Waals surface area contributed by atoms with Crippen LogP contribution in [0.4, 0.5) is 0 Å². The molecule has 0 fully saturated rings. The van der Waals surface area contributed by atoms with Gasteiger partial charge in [0.25, 0.3) is 0 Å². The Balaban J connectivity index is 2.09. The molecule has 0 spiro atoms. The van der Waals surface area contributed by atoms with E-state index < -0.39 is 0 Å². The Bertz CT molecular complexity index is 374. The van der Waals surface area contributed by atoms with Crippen molar-refractivity contribution in [2.45, 2.75) is 26.4 Å². The number of hydrogen-bond donors (Lipinski definition) is 1. The maximum Gasteiger partial charge on any atom is 0.311 e. The van der Waals surface area contributed by atoms with Gasteiger partial charge < -0.3 is 15.0 Å². The minimum absolute atomic E-state index is 0.124. The average Bonchev–Trinajstić information content (AvgIpc) is 2.76. The smallest absolute Gasteiger partial charge is 0.311 e. The zero-order valence-corrected chi connectivity index (χ0v) is 8.64. The Morgan fingerprint density at radius 1 is 1.67 bits per heavy atom. The average molecular weight is 210 g/mol. The summed E-state index contributed by atoms with van der Waals surface area (Å²) in [6, 6.07) is 0. The number of rotatable bonds is 3. The zero-order valence-electron chi connectivity index (χ0n) is 8.64. The lowest BCUT2D eigenvalue weighted by Gasteiger charge is -2.07. The molecule has 1 aliphatic heterocycles. The minimum Gasteiger partial charge on any atom is -0.466 e. The molecule has 82 valence electrons. The molecule has 15 heavy (non-hydrogen) atoms. The van der Waals surface area contributed by atoms with Gasteiger partial charge in [-0.15, -0.1) is 10.2 Å². The zero-order chi connectivity index (χ0) is 10.8. The third kappa shape index (κ3) is 1.72. The van der Waals surface area contributed by atoms with Crippen LogP contribution in [0.15, 0.2) is 0 Å². The molecule has 1 aromatic heterocycles. The molecule has 6 nitrogen and oxygen atoms in total. The van der Waals surface area contributed by atoms with Crippen LogP contribution in [0.2, 0.25) is 0 Å². The van der Waals surface area contributed by atoms with Crippen molar-refractivity contribution >= 4 is 5.97 Å². The van der Waals surface area contributed by atoms with E-state index in [9.17, 15) is 4.79 Å². The number of esters is 1. The van der Waals surface area contributed by atoms with Crippen LogP contribution in [0.3, 0.4) is 0 Å². The van der Waals surface area contributed by atoms with Crippen molar-refractivity contribution in [2.75, 3.05) is 6.61 Å². The highest BCUT2D eigenvalue weighted by molar-refractivity contribution is 5.73. The number of fused-ring (bicyclic) bond motifs is 1. The Hall–Kier alpha value is -1.43. The number of carbonyl (C=O) groups is 1. The van der Waals surface area contributed by atoms with Gasteiger partial charge in [-0.2, -0.15) is 0 Å². The summed E-state index contributed by atoms with van der Waals surface area (Å²) >= 11 is 0. The lowest BCUT2D eigenvalue weighted by molar-refractivity contribution is -0.147. The van der Waals surface area contributed by atoms with E-state index in [1.807, 2.05) is 4.57 Å². The van der Waals surface area contributed by atoms with E-state index in [0.717, 1.165) is 11.6 Å². The Labute approximate surface area is 87.4 Å². The van der Waals surface area contributed by atoms with Gasteiger partial charge in [0.2, 0.25) is 0 Å². The first-order valence-electron chi connectivity index (χ1n) is 5.04. The van der Waals surface area contributed by atoms with Crippen LogP contribution in [0.25, 0.3) is 0 Å². The SMILES string of the molecule is CCOC(=O)C1Cc2nnc(CN)n2C1. The fourth-order valence-electron chi connectivity index (χ4n) is 1.81. The normalized spacial score (nSPS) is 18.9. The molecule has 1 aromatic rings. The molecular weight excluding hydrogens is 196 g/mol. The first-order valence-corrected chi connectivity index (χ1v) is 5.04. The topological polar surface area (TPSA) is 83.0 Å². The lowest BCUT2D eigenvalue weighted by atomic mass is 10.1. The van der Waals surface area contributed by atoms with Gasteiger partial charge in [0.05, 0.1) is 19.1 Å². The molecule has 0 saturated carbocycles. The monoisotopic (exact) mass is 210 g/mol. The molecule has 6 heteroatoms. The van der Waals surface area contributed by atoms with Crippen molar-refractivity contribution in [3.8, 4) is 0 Å². The third-order valence-electron chi connectivity index (χ3n) is 2.54. The van der Waals surface area contributed by atoms with Crippen LogP contribution in [-0.2, 0) is 29.0 Å². The van der Waals surface area contributed by atoms with Gasteiger partial charge >= 0.3 is 5.97 Å². The molecule has 1 aliphatic rings. The van der Waals surface area contributed by atoms with Crippen LogP contribution in [0, 0.1) is 5.92 Å².